The monoisotopic (exact) mass is 1320 g/mol. The van der Waals surface area contributed by atoms with E-state index in [0.717, 1.165) is 131 Å². The lowest BCUT2D eigenvalue weighted by Crippen LogP contribution is -2.66. The summed E-state index contributed by atoms with van der Waals surface area (Å²) in [6, 6.07) is 26.0. The number of anilines is 4. The Hall–Kier alpha value is -7.34. The molecular weight excluding hydrogens is 1250 g/mol. The molecule has 9 aromatic rings. The molecule has 5 saturated heterocycles. The fourth-order valence-electron chi connectivity index (χ4n) is 14.9. The normalized spacial score (nSPS) is 19.8. The van der Waals surface area contributed by atoms with Gasteiger partial charge in [-0.25, -0.2) is 13.2 Å². The number of imide groups is 1. The number of halogens is 4. The van der Waals surface area contributed by atoms with Crippen LogP contribution in [0.3, 0.4) is 0 Å². The maximum atomic E-state index is 12.2. The third-order valence-corrected chi connectivity index (χ3v) is 22.1. The minimum Gasteiger partial charge on any atom is -0.371 e. The van der Waals surface area contributed by atoms with Gasteiger partial charge in [0.2, 0.25) is 15.9 Å². The van der Waals surface area contributed by atoms with Crippen molar-refractivity contribution in [2.24, 2.45) is 0 Å². The maximum absolute atomic E-state index is 12.2. The molecule has 9 heterocycles. The Morgan fingerprint density at radius 3 is 1.33 bits per heavy atom. The average molecular weight is 1320 g/mol. The molecular formula is C64H72Cl4N16O5S. The summed E-state index contributed by atoms with van der Waals surface area (Å²) in [5, 5.41) is 37.8. The molecule has 4 aromatic heterocycles. The van der Waals surface area contributed by atoms with E-state index in [1.807, 2.05) is 54.9 Å². The van der Waals surface area contributed by atoms with Crippen LogP contribution in [0.15, 0.2) is 104 Å². The Morgan fingerprint density at radius 2 is 0.944 bits per heavy atom. The number of rotatable bonds is 6. The van der Waals surface area contributed by atoms with E-state index in [2.05, 4.69) is 107 Å². The summed E-state index contributed by atoms with van der Waals surface area (Å²) in [7, 11) is -1.49. The predicted octanol–water partition coefficient (Wildman–Crippen LogP) is 11.4. The van der Waals surface area contributed by atoms with Gasteiger partial charge in [-0.3, -0.25) is 35.3 Å². The van der Waals surface area contributed by atoms with E-state index in [-0.39, 0.29) is 28.9 Å². The first-order valence-corrected chi connectivity index (χ1v) is 34.1. The number of H-pyrrole nitrogens is 4. The summed E-state index contributed by atoms with van der Waals surface area (Å²) < 4.78 is 26.0. The molecule has 3 spiro atoms. The molecule has 7 aliphatic rings. The third-order valence-electron chi connectivity index (χ3n) is 19.9. The second kappa shape index (κ2) is 24.7. The first-order chi connectivity index (χ1) is 43.3. The predicted molar refractivity (Wildman–Crippen MR) is 357 cm³/mol. The number of nitrogens with zero attached hydrogens (tertiary/aromatic N) is 11. The highest BCUT2D eigenvalue weighted by atomic mass is 35.5. The number of likely N-dealkylation sites (N-methyl/N-ethyl adjacent to an activating group) is 1. The number of urea groups is 1. The molecule has 472 valence electrons. The Labute approximate surface area is 541 Å². The van der Waals surface area contributed by atoms with Gasteiger partial charge in [-0.1, -0.05) is 76.7 Å². The number of carbonyl (C=O) groups excluding carboxylic acids is 3. The number of nitrogens with one attached hydrogen (secondary N) is 5. The lowest BCUT2D eigenvalue weighted by molar-refractivity contribution is -0.140. The van der Waals surface area contributed by atoms with E-state index < -0.39 is 15.6 Å². The average Bonchev–Trinajstić information content (AvgIpc) is 1.67. The zero-order chi connectivity index (χ0) is 62.7. The Morgan fingerprint density at radius 1 is 0.533 bits per heavy atom. The number of sulfonamides is 1. The SMILES string of the molecule is CC(=O)N1CCN(c2cc(Cl)cc3[nH]ncc23)CC12CCC2.CN1C(=O)NC(=O)C12CCN(c1cc(Cl)cc3[nH]ncc13)CC2.CS(=O)(=O)N1CCN(c2cc(Cl)cc3[nH]ncc23)CC12CCC2.Clc1cc(N2CCC(c3ccccc3)CC2)c2cn[nH]c2c1. The van der Waals surface area contributed by atoms with Crippen molar-refractivity contribution in [3.8, 4) is 0 Å². The number of piperazine rings is 2. The molecule has 4 amide bonds. The highest BCUT2D eigenvalue weighted by molar-refractivity contribution is 7.88. The zero-order valence-electron chi connectivity index (χ0n) is 50.4. The molecule has 0 atom stereocenters. The molecule has 2 saturated carbocycles. The van der Waals surface area contributed by atoms with Gasteiger partial charge >= 0.3 is 6.03 Å². The van der Waals surface area contributed by atoms with Gasteiger partial charge < -0.3 is 29.4 Å². The van der Waals surface area contributed by atoms with Crippen LogP contribution >= 0.6 is 46.4 Å². The van der Waals surface area contributed by atoms with Gasteiger partial charge in [0, 0.05) is 144 Å². The first-order valence-electron chi connectivity index (χ1n) is 30.7. The lowest BCUT2D eigenvalue weighted by Gasteiger charge is -2.56. The largest absolute Gasteiger partial charge is 0.371 e. The van der Waals surface area contributed by atoms with Gasteiger partial charge in [0.05, 0.1) is 64.2 Å². The van der Waals surface area contributed by atoms with E-state index in [1.165, 1.54) is 41.7 Å². The van der Waals surface area contributed by atoms with Crippen LogP contribution in [0.2, 0.25) is 20.1 Å². The molecule has 21 nitrogen and oxygen atoms in total. The first kappa shape index (κ1) is 61.5. The van der Waals surface area contributed by atoms with Gasteiger partial charge in [-0.05, 0) is 124 Å². The van der Waals surface area contributed by atoms with Crippen molar-refractivity contribution >= 4 is 141 Å². The summed E-state index contributed by atoms with van der Waals surface area (Å²) in [6.07, 6.45) is 18.5. The Kier molecular flexibility index (Phi) is 16.9. The number of hydrogen-bond donors (Lipinski definition) is 5. The number of aromatic amines is 4. The van der Waals surface area contributed by atoms with Crippen molar-refractivity contribution in [2.75, 3.05) is 98.4 Å². The number of fused-ring (bicyclic) bond motifs is 4. The van der Waals surface area contributed by atoms with Crippen LogP contribution in [0.5, 0.6) is 0 Å². The molecule has 5 N–H and O–H groups in total. The van der Waals surface area contributed by atoms with Crippen molar-refractivity contribution in [3.05, 3.63) is 129 Å². The van der Waals surface area contributed by atoms with Crippen LogP contribution in [0, 0.1) is 0 Å². The second-order valence-corrected chi connectivity index (χ2v) is 28.7. The number of hydrogen-bond acceptors (Lipinski definition) is 13. The van der Waals surface area contributed by atoms with Crippen LogP contribution in [-0.2, 0) is 19.6 Å². The standard InChI is InChI=1S/C18H18ClN3.C16H19ClN4O.C15H16ClN5O2.C15H19ClN4O2S/c19-15-10-17-16(12-20-21-17)18(11-15)22-8-6-14(7-9-22)13-4-2-1-3-5-13;1-11(22)21-6-5-20(10-16(21)3-2-4-16)15-8-12(17)7-14-13(15)9-18-19-14;1-20-14(23)18-13(22)15(20)2-4-21(5-3-15)12-7-9(16)6-11-10(12)8-17-19-11;1-23(21,22)20-6-5-19(10-15(20)3-2-4-15)14-8-11(16)7-13-12(14)9-17-18-13/h1-5,10-12,14H,6-9H2,(H,20,21);7-9H,2-6,10H2,1H3,(H,18,19);6-8H,2-5H2,1H3,(H,17,19)(H,18,22,23);7-9H,2-6,10H2,1H3,(H,17,18). The molecule has 7 fully saturated rings. The fourth-order valence-corrected chi connectivity index (χ4v) is 17.1. The number of carbonyl (C=O) groups is 3. The highest BCUT2D eigenvalue weighted by Gasteiger charge is 2.53. The van der Waals surface area contributed by atoms with E-state index in [4.69, 9.17) is 46.4 Å². The second-order valence-electron chi connectivity index (χ2n) is 25.0. The van der Waals surface area contributed by atoms with Crippen molar-refractivity contribution in [2.45, 2.75) is 93.7 Å². The minimum atomic E-state index is -3.18. The van der Waals surface area contributed by atoms with Crippen LogP contribution in [0.25, 0.3) is 43.6 Å². The van der Waals surface area contributed by atoms with Gasteiger partial charge in [0.1, 0.15) is 5.54 Å². The van der Waals surface area contributed by atoms with E-state index in [0.29, 0.717) is 66.6 Å². The molecule has 16 rings (SSSR count). The molecule has 5 aliphatic heterocycles. The molecule has 5 aromatic carbocycles. The van der Waals surface area contributed by atoms with Crippen LogP contribution in [0.4, 0.5) is 27.5 Å². The molecule has 90 heavy (non-hydrogen) atoms. The van der Waals surface area contributed by atoms with E-state index in [1.54, 1.807) is 30.7 Å². The highest BCUT2D eigenvalue weighted by Crippen LogP contribution is 2.46. The van der Waals surface area contributed by atoms with E-state index >= 15 is 0 Å². The number of amides is 4. The van der Waals surface area contributed by atoms with Gasteiger partial charge in [0.15, 0.2) is 0 Å². The quantitative estimate of drug-likeness (QED) is 0.0976. The van der Waals surface area contributed by atoms with Crippen molar-refractivity contribution < 1.29 is 22.8 Å². The van der Waals surface area contributed by atoms with Crippen molar-refractivity contribution in [1.82, 2.24) is 60.2 Å². The molecule has 0 bridgehead atoms. The molecule has 26 heteroatoms. The van der Waals surface area contributed by atoms with E-state index in [9.17, 15) is 22.8 Å². The summed E-state index contributed by atoms with van der Waals surface area (Å²) >= 11 is 24.9. The number of piperidine rings is 2. The summed E-state index contributed by atoms with van der Waals surface area (Å²) in [4.78, 5) is 48.8. The van der Waals surface area contributed by atoms with Crippen LogP contribution in [0.1, 0.15) is 82.6 Å². The fraction of sp³-hybridized carbons (Fsp3) is 0.422. The maximum Gasteiger partial charge on any atom is 0.324 e. The van der Waals surface area contributed by atoms with Gasteiger partial charge in [-0.2, -0.15) is 24.7 Å². The minimum absolute atomic E-state index is 0.0163. The Bertz CT molecular complexity index is 4270. The smallest absolute Gasteiger partial charge is 0.324 e. The van der Waals surface area contributed by atoms with Crippen molar-refractivity contribution in [3.63, 3.8) is 0 Å². The molecule has 2 aliphatic carbocycles. The molecule has 0 radical (unpaired) electrons. The number of aromatic nitrogens is 8. The number of benzene rings is 5. The molecule has 0 unspecified atom stereocenters. The third kappa shape index (κ3) is 11.8. The summed E-state index contributed by atoms with van der Waals surface area (Å²) in [5.74, 6) is 0.666. The Balaban J connectivity index is 0.000000110. The van der Waals surface area contributed by atoms with Crippen LogP contribution in [-0.4, -0.2) is 177 Å². The zero-order valence-corrected chi connectivity index (χ0v) is 54.3. The van der Waals surface area contributed by atoms with Gasteiger partial charge in [-0.15, -0.1) is 0 Å². The van der Waals surface area contributed by atoms with Crippen LogP contribution < -0.4 is 24.9 Å². The summed E-state index contributed by atoms with van der Waals surface area (Å²) in [6.45, 7) is 9.53. The summed E-state index contributed by atoms with van der Waals surface area (Å²) in [5.41, 5.74) is 8.60. The van der Waals surface area contributed by atoms with Crippen molar-refractivity contribution in [1.29, 1.82) is 0 Å². The van der Waals surface area contributed by atoms with Gasteiger partial charge in [0.25, 0.3) is 5.91 Å². The lowest BCUT2D eigenvalue weighted by atomic mass is 9.73. The topological polar surface area (TPSA) is 235 Å².